The second-order valence-corrected chi connectivity index (χ2v) is 8.00. The van der Waals surface area contributed by atoms with E-state index < -0.39 is 16.9 Å². The minimum Gasteiger partial charge on any atom is -0.490 e. The number of benzene rings is 2. The summed E-state index contributed by atoms with van der Waals surface area (Å²) in [5.41, 5.74) is -0.0844. The standard InChI is InChI=1S/C24H22N2O5/c1-4-11-26-18-10-9-16(13-20(18)30-14-24(2,3)23(26)29)25-21(27)17-12-15-7-5-6-8-19(15)31-22(17)28/h4-10,12-13H,1,11,14H2,2-3H3,(H,25,27). The number of nitrogens with zero attached hydrogens (tertiary/aromatic N) is 1. The third-order valence-electron chi connectivity index (χ3n) is 5.12. The van der Waals surface area contributed by atoms with E-state index in [0.29, 0.717) is 34.6 Å². The maximum atomic E-state index is 12.9. The largest absolute Gasteiger partial charge is 0.490 e. The topological polar surface area (TPSA) is 88.8 Å². The van der Waals surface area contributed by atoms with E-state index in [1.54, 1.807) is 53.4 Å². The monoisotopic (exact) mass is 418 g/mol. The molecular formula is C24H22N2O5. The van der Waals surface area contributed by atoms with Crippen molar-refractivity contribution in [1.82, 2.24) is 0 Å². The quantitative estimate of drug-likeness (QED) is 0.511. The number of amides is 2. The van der Waals surface area contributed by atoms with Gasteiger partial charge in [-0.15, -0.1) is 6.58 Å². The number of ether oxygens (including phenoxy) is 1. The first kappa shape index (κ1) is 20.4. The number of fused-ring (bicyclic) bond motifs is 2. The van der Waals surface area contributed by atoms with Crippen molar-refractivity contribution < 1.29 is 18.7 Å². The normalized spacial score (nSPS) is 15.0. The van der Waals surface area contributed by atoms with Gasteiger partial charge in [0, 0.05) is 23.7 Å². The summed E-state index contributed by atoms with van der Waals surface area (Å²) in [4.78, 5) is 39.5. The summed E-state index contributed by atoms with van der Waals surface area (Å²) < 4.78 is 11.1. The smallest absolute Gasteiger partial charge is 0.349 e. The Bertz CT molecular complexity index is 1260. The molecule has 7 heteroatoms. The molecule has 0 bridgehead atoms. The summed E-state index contributed by atoms with van der Waals surface area (Å²) in [5, 5.41) is 3.36. The van der Waals surface area contributed by atoms with Crippen molar-refractivity contribution in [1.29, 1.82) is 0 Å². The van der Waals surface area contributed by atoms with Gasteiger partial charge in [0.15, 0.2) is 0 Å². The van der Waals surface area contributed by atoms with Crippen molar-refractivity contribution in [3.8, 4) is 5.75 Å². The highest BCUT2D eigenvalue weighted by molar-refractivity contribution is 6.06. The van der Waals surface area contributed by atoms with Crippen LogP contribution in [-0.4, -0.2) is 25.0 Å². The number of hydrogen-bond donors (Lipinski definition) is 1. The van der Waals surface area contributed by atoms with Crippen LogP contribution in [0.1, 0.15) is 24.2 Å². The summed E-state index contributed by atoms with van der Waals surface area (Å²) in [7, 11) is 0. The van der Waals surface area contributed by atoms with Gasteiger partial charge in [-0.25, -0.2) is 4.79 Å². The van der Waals surface area contributed by atoms with Crippen LogP contribution in [0.4, 0.5) is 11.4 Å². The predicted octanol–water partition coefficient (Wildman–Crippen LogP) is 3.98. The Balaban J connectivity index is 1.65. The van der Waals surface area contributed by atoms with Crippen LogP contribution < -0.4 is 20.6 Å². The lowest BCUT2D eigenvalue weighted by molar-refractivity contribution is -0.127. The lowest BCUT2D eigenvalue weighted by Crippen LogP contribution is -2.42. The number of carbonyl (C=O) groups excluding carboxylic acids is 2. The van der Waals surface area contributed by atoms with Crippen LogP contribution >= 0.6 is 0 Å². The highest BCUT2D eigenvalue weighted by atomic mass is 16.5. The van der Waals surface area contributed by atoms with Crippen LogP contribution in [0.2, 0.25) is 0 Å². The van der Waals surface area contributed by atoms with E-state index in [0.717, 1.165) is 0 Å². The molecule has 0 saturated carbocycles. The molecule has 2 aromatic carbocycles. The van der Waals surface area contributed by atoms with E-state index in [4.69, 9.17) is 9.15 Å². The molecule has 7 nitrogen and oxygen atoms in total. The van der Waals surface area contributed by atoms with E-state index in [1.165, 1.54) is 6.07 Å². The first-order chi connectivity index (χ1) is 14.8. The highest BCUT2D eigenvalue weighted by Gasteiger charge is 2.37. The summed E-state index contributed by atoms with van der Waals surface area (Å²) in [6.45, 7) is 7.90. The summed E-state index contributed by atoms with van der Waals surface area (Å²) in [6, 6.07) is 13.5. The molecule has 1 N–H and O–H groups in total. The van der Waals surface area contributed by atoms with E-state index in [-0.39, 0.29) is 18.1 Å². The molecule has 4 rings (SSSR count). The van der Waals surface area contributed by atoms with Gasteiger partial charge in [0.2, 0.25) is 5.91 Å². The second kappa shape index (κ2) is 7.75. The van der Waals surface area contributed by atoms with Crippen molar-refractivity contribution in [2.24, 2.45) is 5.41 Å². The fourth-order valence-electron chi connectivity index (χ4n) is 3.45. The number of hydrogen-bond acceptors (Lipinski definition) is 5. The fourth-order valence-corrected chi connectivity index (χ4v) is 3.45. The predicted molar refractivity (Wildman–Crippen MR) is 119 cm³/mol. The molecule has 0 atom stereocenters. The molecule has 158 valence electrons. The molecule has 1 aliphatic heterocycles. The van der Waals surface area contributed by atoms with Crippen molar-refractivity contribution >= 4 is 34.2 Å². The molecule has 2 amide bonds. The van der Waals surface area contributed by atoms with Gasteiger partial charge in [0.25, 0.3) is 5.91 Å². The second-order valence-electron chi connectivity index (χ2n) is 8.00. The Hall–Kier alpha value is -3.87. The van der Waals surface area contributed by atoms with E-state index in [1.807, 2.05) is 13.8 Å². The average molecular weight is 418 g/mol. The Morgan fingerprint density at radius 1 is 1.19 bits per heavy atom. The lowest BCUT2D eigenvalue weighted by atomic mass is 9.93. The Kier molecular flexibility index (Phi) is 5.10. The summed E-state index contributed by atoms with van der Waals surface area (Å²) >= 11 is 0. The zero-order valence-corrected chi connectivity index (χ0v) is 17.3. The molecule has 0 fully saturated rings. The SMILES string of the molecule is C=CCN1C(=O)C(C)(C)COc2cc(NC(=O)c3cc4ccccc4oc3=O)ccc21. The van der Waals surface area contributed by atoms with Gasteiger partial charge < -0.3 is 19.4 Å². The first-order valence-corrected chi connectivity index (χ1v) is 9.84. The highest BCUT2D eigenvalue weighted by Crippen LogP contribution is 2.38. The number of para-hydroxylation sites is 1. The van der Waals surface area contributed by atoms with E-state index >= 15 is 0 Å². The van der Waals surface area contributed by atoms with Gasteiger partial charge in [0.05, 0.1) is 11.1 Å². The average Bonchev–Trinajstić information content (AvgIpc) is 2.83. The number of rotatable bonds is 4. The third-order valence-corrected chi connectivity index (χ3v) is 5.12. The van der Waals surface area contributed by atoms with Crippen LogP contribution in [0.15, 0.2) is 70.4 Å². The fraction of sp³-hybridized carbons (Fsp3) is 0.208. The van der Waals surface area contributed by atoms with Crippen LogP contribution in [0.3, 0.4) is 0 Å². The number of anilines is 2. The number of nitrogens with one attached hydrogen (secondary N) is 1. The molecule has 1 aromatic heterocycles. The minimum atomic E-state index is -0.716. The molecule has 0 spiro atoms. The van der Waals surface area contributed by atoms with Gasteiger partial charge in [0.1, 0.15) is 23.5 Å². The Labute approximate surface area is 178 Å². The number of carbonyl (C=O) groups is 2. The minimum absolute atomic E-state index is 0.0725. The summed E-state index contributed by atoms with van der Waals surface area (Å²) in [5.74, 6) is -0.201. The van der Waals surface area contributed by atoms with Crippen LogP contribution in [-0.2, 0) is 4.79 Å². The van der Waals surface area contributed by atoms with E-state index in [2.05, 4.69) is 11.9 Å². The van der Waals surface area contributed by atoms with Crippen molar-refractivity contribution in [3.05, 3.63) is 77.2 Å². The molecule has 0 unspecified atom stereocenters. The third kappa shape index (κ3) is 3.82. The first-order valence-electron chi connectivity index (χ1n) is 9.84. The van der Waals surface area contributed by atoms with Gasteiger partial charge >= 0.3 is 5.63 Å². The van der Waals surface area contributed by atoms with Gasteiger partial charge in [-0.2, -0.15) is 0 Å². The summed E-state index contributed by atoms with van der Waals surface area (Å²) in [6.07, 6.45) is 1.65. The van der Waals surface area contributed by atoms with Crippen molar-refractivity contribution in [2.45, 2.75) is 13.8 Å². The zero-order valence-electron chi connectivity index (χ0n) is 17.3. The molecule has 0 aliphatic carbocycles. The Morgan fingerprint density at radius 2 is 1.97 bits per heavy atom. The van der Waals surface area contributed by atoms with Crippen molar-refractivity contribution in [3.63, 3.8) is 0 Å². The maximum absolute atomic E-state index is 12.9. The molecule has 0 radical (unpaired) electrons. The van der Waals surface area contributed by atoms with Crippen LogP contribution in [0.25, 0.3) is 11.0 Å². The lowest BCUT2D eigenvalue weighted by Gasteiger charge is -2.27. The molecule has 2 heterocycles. The van der Waals surface area contributed by atoms with Crippen molar-refractivity contribution in [2.75, 3.05) is 23.4 Å². The van der Waals surface area contributed by atoms with Gasteiger partial charge in [-0.3, -0.25) is 9.59 Å². The van der Waals surface area contributed by atoms with Gasteiger partial charge in [-0.1, -0.05) is 24.3 Å². The molecule has 0 saturated heterocycles. The van der Waals surface area contributed by atoms with Gasteiger partial charge in [-0.05, 0) is 38.1 Å². The molecule has 1 aliphatic rings. The molecular weight excluding hydrogens is 396 g/mol. The molecule has 3 aromatic rings. The molecule has 31 heavy (non-hydrogen) atoms. The maximum Gasteiger partial charge on any atom is 0.349 e. The van der Waals surface area contributed by atoms with Crippen LogP contribution in [0.5, 0.6) is 5.75 Å². The van der Waals surface area contributed by atoms with Crippen LogP contribution in [0, 0.1) is 5.41 Å². The zero-order chi connectivity index (χ0) is 22.2. The Morgan fingerprint density at radius 3 is 2.74 bits per heavy atom. The van der Waals surface area contributed by atoms with E-state index in [9.17, 15) is 14.4 Å².